The molecule has 0 radical (unpaired) electrons. The molecule has 0 spiro atoms. The molecule has 4 aromatic heterocycles. The predicted molar refractivity (Wildman–Crippen MR) is 286 cm³/mol. The first-order valence-electron chi connectivity index (χ1n) is 27.3. The number of nitrogens with zero attached hydrogens (tertiary/aromatic N) is 5. The Balaban J connectivity index is 1.18. The molecule has 6 heteroatoms. The van der Waals surface area contributed by atoms with E-state index in [9.17, 15) is 2.74 Å². The Bertz CT molecular complexity index is 3880. The zero-order valence-corrected chi connectivity index (χ0v) is 41.4. The van der Waals surface area contributed by atoms with Gasteiger partial charge in [0.1, 0.15) is 17.3 Å². The van der Waals surface area contributed by atoms with Crippen molar-refractivity contribution in [2.24, 2.45) is 5.41 Å². The van der Waals surface area contributed by atoms with Crippen LogP contribution in [0.1, 0.15) is 114 Å². The lowest BCUT2D eigenvalue weighted by molar-refractivity contribution is -0.571. The summed E-state index contributed by atoms with van der Waals surface area (Å²) in [6, 6.07) is 40.0. The van der Waals surface area contributed by atoms with Gasteiger partial charge >= 0.3 is 0 Å². The van der Waals surface area contributed by atoms with Gasteiger partial charge in [-0.1, -0.05) is 185 Å². The molecule has 6 aromatic carbocycles. The van der Waals surface area contributed by atoms with Crippen molar-refractivity contribution < 1.29 is 18.9 Å². The summed E-state index contributed by atoms with van der Waals surface area (Å²) in [6.07, 6.45) is 3.73. The summed E-state index contributed by atoms with van der Waals surface area (Å²) in [7, 11) is 0. The summed E-state index contributed by atoms with van der Waals surface area (Å²) in [5.41, 5.74) is 8.66. The van der Waals surface area contributed by atoms with E-state index in [1.807, 2.05) is 115 Å². The molecule has 6 nitrogen and oxygen atoms in total. The highest BCUT2D eigenvalue weighted by Gasteiger charge is 2.25. The van der Waals surface area contributed by atoms with Gasteiger partial charge in [0.2, 0.25) is 0 Å². The predicted octanol–water partition coefficient (Wildman–Crippen LogP) is 16.0. The van der Waals surface area contributed by atoms with E-state index >= 15 is 0 Å². The van der Waals surface area contributed by atoms with Crippen LogP contribution in [0.3, 0.4) is 0 Å². The molecule has 4 heterocycles. The first-order valence-corrected chi connectivity index (χ1v) is 23.8. The van der Waals surface area contributed by atoms with Gasteiger partial charge < -0.3 is 4.74 Å². The molecule has 0 aliphatic rings. The van der Waals surface area contributed by atoms with E-state index in [0.29, 0.717) is 39.9 Å². The van der Waals surface area contributed by atoms with Crippen LogP contribution in [0, 0.1) is 11.7 Å². The second-order valence-corrected chi connectivity index (χ2v) is 21.4. The summed E-state index contributed by atoms with van der Waals surface area (Å²) in [6.45, 7) is 23.1. The van der Waals surface area contributed by atoms with Crippen molar-refractivity contribution in [3.8, 4) is 51.1 Å². The maximum Gasteiger partial charge on any atom is 0.271 e. The minimum absolute atomic E-state index is 0.00238. The third-order valence-corrected chi connectivity index (χ3v) is 12.6. The van der Waals surface area contributed by atoms with Gasteiger partial charge in [0.15, 0.2) is 5.82 Å². The normalized spacial score (nSPS) is 14.1. The number of hydrogen-bond donors (Lipinski definition) is 0. The summed E-state index contributed by atoms with van der Waals surface area (Å²) < 4.78 is 75.5. The Hall–Kier alpha value is -7.31. The van der Waals surface area contributed by atoms with Gasteiger partial charge in [-0.05, 0) is 97.8 Å². The molecular formula is C63H63N5O. The zero-order chi connectivity index (χ0) is 54.6. The Morgan fingerprint density at radius 2 is 1.30 bits per heavy atom. The van der Waals surface area contributed by atoms with E-state index in [-0.39, 0.29) is 34.4 Å². The summed E-state index contributed by atoms with van der Waals surface area (Å²) in [5, 5.41) is 2.02. The quantitative estimate of drug-likeness (QED) is 0.107. The molecule has 0 bridgehead atoms. The van der Waals surface area contributed by atoms with Gasteiger partial charge in [0.25, 0.3) is 6.33 Å². The van der Waals surface area contributed by atoms with Crippen LogP contribution in [0.5, 0.6) is 11.5 Å². The lowest BCUT2D eigenvalue weighted by Crippen LogP contribution is -2.31. The second kappa shape index (κ2) is 17.3. The van der Waals surface area contributed by atoms with Gasteiger partial charge in [-0.3, -0.25) is 18.7 Å². The monoisotopic (exact) mass is 913 g/mol. The largest absolute Gasteiger partial charge is 0.458 e. The first kappa shape index (κ1) is 37.6. The van der Waals surface area contributed by atoms with E-state index in [0.717, 1.165) is 60.8 Å². The van der Waals surface area contributed by atoms with Crippen LogP contribution < -0.4 is 9.30 Å². The van der Waals surface area contributed by atoms with Crippen molar-refractivity contribution in [3.63, 3.8) is 0 Å². The third-order valence-electron chi connectivity index (χ3n) is 12.6. The maximum absolute atomic E-state index is 9.26. The van der Waals surface area contributed by atoms with Crippen LogP contribution in [0.4, 0.5) is 0 Å². The molecule has 0 saturated carbocycles. The number of ether oxygens (including phenoxy) is 1. The minimum Gasteiger partial charge on any atom is -0.458 e. The van der Waals surface area contributed by atoms with Gasteiger partial charge in [-0.15, -0.1) is 0 Å². The first-order chi connectivity index (χ1) is 35.7. The van der Waals surface area contributed by atoms with Gasteiger partial charge in [0, 0.05) is 43.6 Å². The number of pyridine rings is 2. The minimum atomic E-state index is -1.63. The van der Waals surface area contributed by atoms with Crippen molar-refractivity contribution in [3.05, 3.63) is 193 Å². The molecule has 0 unspecified atom stereocenters. The Morgan fingerprint density at radius 1 is 0.638 bits per heavy atom. The van der Waals surface area contributed by atoms with E-state index in [1.54, 1.807) is 12.3 Å². The molecule has 0 amide bonds. The lowest BCUT2D eigenvalue weighted by Gasteiger charge is -2.27. The second-order valence-electron chi connectivity index (χ2n) is 21.4. The van der Waals surface area contributed by atoms with Gasteiger partial charge in [0.05, 0.1) is 34.6 Å². The number of imidazole rings is 1. The molecule has 10 aromatic rings. The van der Waals surface area contributed by atoms with Crippen molar-refractivity contribution in [1.82, 2.24) is 19.1 Å². The Labute approximate surface area is 417 Å². The van der Waals surface area contributed by atoms with E-state index < -0.39 is 29.9 Å². The summed E-state index contributed by atoms with van der Waals surface area (Å²) >= 11 is 0. The number of para-hydroxylation sites is 4. The molecular weight excluding hydrogens is 843 g/mol. The molecule has 346 valence electrons. The summed E-state index contributed by atoms with van der Waals surface area (Å²) in [4.78, 5) is 10.0. The van der Waals surface area contributed by atoms with Gasteiger partial charge in [-0.25, -0.2) is 4.98 Å². The highest BCUT2D eigenvalue weighted by atomic mass is 16.5. The average molecular weight is 913 g/mol. The third kappa shape index (κ3) is 8.97. The standard InChI is InChI=1S/C63H63N5O/c1-41(2)53-36-48(69-47-28-29-52-51-22-15-16-25-54(51)68(57(52)37-47)58-32-42(30-31-64-58)39-61(3,4)5)38-59(65-53)66-40-67(56-27-18-17-26-55(56)66)60-49(43-20-13-12-14-21-43)23-19-24-50(60)44-33-45(62(6,7)8)35-46(34-44)63(9,10)11/h12-38,41H,39H2,1-11H3/i12D,13D,14D,20D,21D,39D2. The maximum atomic E-state index is 9.26. The number of fused-ring (bicyclic) bond motifs is 4. The smallest absolute Gasteiger partial charge is 0.271 e. The molecule has 69 heavy (non-hydrogen) atoms. The van der Waals surface area contributed by atoms with Crippen LogP contribution in [0.15, 0.2) is 164 Å². The van der Waals surface area contributed by atoms with Crippen LogP contribution in [0.25, 0.3) is 72.4 Å². The lowest BCUT2D eigenvalue weighted by atomic mass is 9.78. The van der Waals surface area contributed by atoms with Crippen LogP contribution in [-0.4, -0.2) is 19.1 Å². The number of hydrogen-bond acceptors (Lipinski definition) is 3. The highest BCUT2D eigenvalue weighted by molar-refractivity contribution is 6.09. The molecule has 0 fully saturated rings. The number of benzene rings is 6. The molecule has 0 aliphatic carbocycles. The van der Waals surface area contributed by atoms with Crippen LogP contribution >= 0.6 is 0 Å². The van der Waals surface area contributed by atoms with E-state index in [2.05, 4.69) is 103 Å². The fraction of sp³-hybridized carbons (Fsp3) is 0.254. The van der Waals surface area contributed by atoms with E-state index in [1.165, 1.54) is 0 Å². The molecule has 0 saturated heterocycles. The van der Waals surface area contributed by atoms with Crippen molar-refractivity contribution in [2.75, 3.05) is 0 Å². The van der Waals surface area contributed by atoms with Crippen LogP contribution in [0.2, 0.25) is 0 Å². The van der Waals surface area contributed by atoms with Gasteiger partial charge in [-0.2, -0.15) is 0 Å². The highest BCUT2D eigenvalue weighted by Crippen LogP contribution is 2.40. The number of aromatic nitrogens is 5. The van der Waals surface area contributed by atoms with Crippen LogP contribution in [-0.2, 0) is 17.2 Å². The Morgan fingerprint density at radius 3 is 2.00 bits per heavy atom. The van der Waals surface area contributed by atoms with Crippen molar-refractivity contribution >= 4 is 32.8 Å². The molecule has 10 rings (SSSR count). The fourth-order valence-electron chi connectivity index (χ4n) is 9.08. The topological polar surface area (TPSA) is 48.8 Å². The number of rotatable bonds is 9. The molecule has 0 atom stereocenters. The molecule has 0 N–H and O–H groups in total. The van der Waals surface area contributed by atoms with Crippen molar-refractivity contribution in [2.45, 2.75) is 99.3 Å². The zero-order valence-electron chi connectivity index (χ0n) is 48.4. The molecule has 0 aliphatic heterocycles. The van der Waals surface area contributed by atoms with E-state index in [4.69, 9.17) is 21.6 Å². The van der Waals surface area contributed by atoms with Crippen molar-refractivity contribution in [1.29, 1.82) is 0 Å². The summed E-state index contributed by atoms with van der Waals surface area (Å²) in [5.74, 6) is 2.24. The fourth-order valence-corrected chi connectivity index (χ4v) is 9.08. The Kier molecular flexibility index (Phi) is 9.46. The SMILES string of the molecule is [2H]c1c([2H])c([2H])c(-c2cccc(-c3cc(C(C)(C)C)cc(C(C)(C)C)c3)c2-[n+]2[c-]n(-c3cc(Oc4ccc5c6ccccc6n(-c6cc(C([2H])([2H])C(C)(C)C)ccn6)c5c4)cc(C(C)C)n3)c3ccccc32)c([2H])c1[2H]. The average Bonchev–Trinajstić information content (AvgIpc) is 3.94.